The van der Waals surface area contributed by atoms with Gasteiger partial charge in [0.25, 0.3) is 0 Å². The third-order valence-corrected chi connectivity index (χ3v) is 6.86. The van der Waals surface area contributed by atoms with Crippen molar-refractivity contribution in [3.63, 3.8) is 0 Å². The summed E-state index contributed by atoms with van der Waals surface area (Å²) >= 11 is 0. The highest BCUT2D eigenvalue weighted by molar-refractivity contribution is 5.89. The first-order chi connectivity index (χ1) is 15.1. The molecule has 2 fully saturated rings. The quantitative estimate of drug-likeness (QED) is 0.366. The van der Waals surface area contributed by atoms with E-state index in [1.807, 2.05) is 0 Å². The van der Waals surface area contributed by atoms with Gasteiger partial charge in [0.2, 0.25) is 11.8 Å². The molecule has 1 aliphatic heterocycles. The monoisotopic (exact) mass is 452 g/mol. The van der Waals surface area contributed by atoms with Crippen molar-refractivity contribution in [1.29, 1.82) is 0 Å². The van der Waals surface area contributed by atoms with Crippen LogP contribution in [0.2, 0.25) is 0 Å². The highest BCUT2D eigenvalue weighted by atomic mass is 16.6. The Balaban J connectivity index is 1.69. The van der Waals surface area contributed by atoms with Crippen molar-refractivity contribution in [1.82, 2.24) is 10.6 Å². The van der Waals surface area contributed by atoms with Gasteiger partial charge in [-0.3, -0.25) is 14.4 Å². The minimum atomic E-state index is -0.679. The zero-order valence-electron chi connectivity index (χ0n) is 20.8. The number of amides is 2. The molecular weight excluding hydrogens is 408 g/mol. The van der Waals surface area contributed by atoms with Gasteiger partial charge in [-0.2, -0.15) is 0 Å². The Bertz CT molecular complexity index is 637. The Labute approximate surface area is 193 Å². The molecule has 0 aromatic rings. The molecule has 0 bridgehead atoms. The average Bonchev–Trinajstić information content (AvgIpc) is 3.02. The highest BCUT2D eigenvalue weighted by Crippen LogP contribution is 2.45. The third kappa shape index (κ3) is 8.05. The van der Waals surface area contributed by atoms with E-state index < -0.39 is 12.1 Å². The summed E-state index contributed by atoms with van der Waals surface area (Å²) in [4.78, 5) is 37.4. The number of unbranched alkanes of at least 4 members (excludes halogenated alkanes) is 2. The maximum atomic E-state index is 12.5. The van der Waals surface area contributed by atoms with Crippen LogP contribution in [0.3, 0.4) is 0 Å². The normalized spacial score (nSPS) is 22.3. The second kappa shape index (κ2) is 12.0. The number of methoxy groups -OCH3 is 1. The Hall–Kier alpha value is -1.63. The number of carbonyl (C=O) groups is 3. The van der Waals surface area contributed by atoms with Gasteiger partial charge in [-0.1, -0.05) is 59.3 Å². The van der Waals surface area contributed by atoms with E-state index in [2.05, 4.69) is 31.4 Å². The Morgan fingerprint density at radius 3 is 2.44 bits per heavy atom. The van der Waals surface area contributed by atoms with Gasteiger partial charge in [0.1, 0.15) is 18.2 Å². The summed E-state index contributed by atoms with van der Waals surface area (Å²) in [5.41, 5.74) is -0.0132. The van der Waals surface area contributed by atoms with Crippen molar-refractivity contribution in [2.24, 2.45) is 10.8 Å². The zero-order valence-corrected chi connectivity index (χ0v) is 20.8. The lowest BCUT2D eigenvalue weighted by atomic mass is 9.72. The Kier molecular flexibility index (Phi) is 9.99. The van der Waals surface area contributed by atoms with Gasteiger partial charge in [0.05, 0.1) is 12.0 Å². The second-order valence-electron chi connectivity index (χ2n) is 10.9. The summed E-state index contributed by atoms with van der Waals surface area (Å²) in [5, 5.41) is 5.58. The van der Waals surface area contributed by atoms with E-state index in [-0.39, 0.29) is 35.8 Å². The molecule has 1 unspecified atom stereocenters. The van der Waals surface area contributed by atoms with E-state index in [0.717, 1.165) is 51.4 Å². The molecular formula is C25H44N2O5. The lowest BCUT2D eigenvalue weighted by Gasteiger charge is -2.28. The SMILES string of the molecule is CO[C@H](CCCCCC(C)(C)C)C(=O)N[C@@H](C)C(=O)NCC1CC2(CCCCC2)C(=O)O1. The van der Waals surface area contributed by atoms with Crippen LogP contribution in [0.1, 0.15) is 98.3 Å². The highest BCUT2D eigenvalue weighted by Gasteiger charge is 2.49. The van der Waals surface area contributed by atoms with E-state index in [0.29, 0.717) is 18.3 Å². The molecule has 7 heteroatoms. The average molecular weight is 453 g/mol. The van der Waals surface area contributed by atoms with Crippen molar-refractivity contribution in [3.05, 3.63) is 0 Å². The minimum Gasteiger partial charge on any atom is -0.460 e. The molecule has 1 spiro atoms. The van der Waals surface area contributed by atoms with Gasteiger partial charge in [0.15, 0.2) is 0 Å². The fraction of sp³-hybridized carbons (Fsp3) is 0.880. The predicted octanol–water partition coefficient (Wildman–Crippen LogP) is 3.88. The lowest BCUT2D eigenvalue weighted by molar-refractivity contribution is -0.150. The molecule has 1 aliphatic carbocycles. The van der Waals surface area contributed by atoms with Gasteiger partial charge in [-0.15, -0.1) is 0 Å². The standard InChI is InChI=1S/C25H44N2O5/c1-18(27-22(29)20(31-5)12-8-6-9-13-24(2,3)4)21(28)26-17-19-16-25(23(30)32-19)14-10-7-11-15-25/h18-20H,6-17H2,1-5H3,(H,26,28)(H,27,29)/t18-,19?,20+/m0/s1. The lowest BCUT2D eigenvalue weighted by Crippen LogP contribution is -2.49. The smallest absolute Gasteiger partial charge is 0.312 e. The molecule has 2 rings (SSSR count). The molecule has 0 aromatic carbocycles. The Morgan fingerprint density at radius 1 is 1.12 bits per heavy atom. The molecule has 1 saturated carbocycles. The predicted molar refractivity (Wildman–Crippen MR) is 124 cm³/mol. The number of esters is 1. The Morgan fingerprint density at radius 2 is 1.81 bits per heavy atom. The second-order valence-corrected chi connectivity index (χ2v) is 10.9. The first kappa shape index (κ1) is 26.6. The maximum absolute atomic E-state index is 12.5. The van der Waals surface area contributed by atoms with E-state index in [4.69, 9.17) is 9.47 Å². The largest absolute Gasteiger partial charge is 0.460 e. The van der Waals surface area contributed by atoms with Gasteiger partial charge >= 0.3 is 5.97 Å². The first-order valence-corrected chi connectivity index (χ1v) is 12.4. The minimum absolute atomic E-state index is 0.108. The van der Waals surface area contributed by atoms with Crippen LogP contribution in [0.25, 0.3) is 0 Å². The fourth-order valence-electron chi connectivity index (χ4n) is 4.85. The van der Waals surface area contributed by atoms with Crippen LogP contribution in [0.5, 0.6) is 0 Å². The van der Waals surface area contributed by atoms with Crippen molar-refractivity contribution in [2.75, 3.05) is 13.7 Å². The molecule has 3 atom stereocenters. The van der Waals surface area contributed by atoms with Gasteiger partial charge in [-0.25, -0.2) is 0 Å². The summed E-state index contributed by atoms with van der Waals surface area (Å²) < 4.78 is 10.9. The van der Waals surface area contributed by atoms with Crippen molar-refractivity contribution in [2.45, 2.75) is 117 Å². The number of carbonyl (C=O) groups excluding carboxylic acids is 3. The van der Waals surface area contributed by atoms with Crippen LogP contribution in [-0.2, 0) is 23.9 Å². The summed E-state index contributed by atoms with van der Waals surface area (Å²) in [5.74, 6) is -0.651. The molecule has 2 N–H and O–H groups in total. The summed E-state index contributed by atoms with van der Waals surface area (Å²) in [6, 6.07) is -0.679. The number of rotatable bonds is 11. The van der Waals surface area contributed by atoms with E-state index >= 15 is 0 Å². The summed E-state index contributed by atoms with van der Waals surface area (Å²) in [6.45, 7) is 8.64. The first-order valence-electron chi connectivity index (χ1n) is 12.4. The van der Waals surface area contributed by atoms with Crippen LogP contribution in [0, 0.1) is 10.8 Å². The van der Waals surface area contributed by atoms with Crippen LogP contribution in [0.4, 0.5) is 0 Å². The zero-order chi connectivity index (χ0) is 23.8. The molecule has 0 radical (unpaired) electrons. The van der Waals surface area contributed by atoms with Gasteiger partial charge in [-0.05, 0) is 38.0 Å². The molecule has 184 valence electrons. The molecule has 0 aromatic heterocycles. The number of cyclic esters (lactones) is 1. The van der Waals surface area contributed by atoms with E-state index in [1.54, 1.807) is 6.92 Å². The molecule has 2 amide bonds. The summed E-state index contributed by atoms with van der Waals surface area (Å²) in [6.07, 6.45) is 9.81. The summed E-state index contributed by atoms with van der Waals surface area (Å²) in [7, 11) is 1.53. The molecule has 2 aliphatic rings. The van der Waals surface area contributed by atoms with E-state index in [1.165, 1.54) is 13.5 Å². The van der Waals surface area contributed by atoms with Crippen LogP contribution in [0.15, 0.2) is 0 Å². The third-order valence-electron chi connectivity index (χ3n) is 6.86. The number of hydrogen-bond acceptors (Lipinski definition) is 5. The topological polar surface area (TPSA) is 93.7 Å². The molecule has 1 heterocycles. The molecule has 7 nitrogen and oxygen atoms in total. The van der Waals surface area contributed by atoms with Crippen LogP contribution < -0.4 is 10.6 Å². The molecule has 32 heavy (non-hydrogen) atoms. The van der Waals surface area contributed by atoms with Crippen LogP contribution >= 0.6 is 0 Å². The van der Waals surface area contributed by atoms with Gasteiger partial charge < -0.3 is 20.1 Å². The van der Waals surface area contributed by atoms with Crippen LogP contribution in [-0.4, -0.2) is 49.7 Å². The maximum Gasteiger partial charge on any atom is 0.312 e. The number of hydrogen-bond donors (Lipinski definition) is 2. The molecule has 1 saturated heterocycles. The fourth-order valence-corrected chi connectivity index (χ4v) is 4.85. The number of ether oxygens (including phenoxy) is 2. The van der Waals surface area contributed by atoms with Crippen molar-refractivity contribution < 1.29 is 23.9 Å². The number of nitrogens with one attached hydrogen (secondary N) is 2. The van der Waals surface area contributed by atoms with Crippen molar-refractivity contribution in [3.8, 4) is 0 Å². The van der Waals surface area contributed by atoms with Crippen molar-refractivity contribution >= 4 is 17.8 Å². The van der Waals surface area contributed by atoms with Gasteiger partial charge in [0, 0.05) is 13.5 Å². The van der Waals surface area contributed by atoms with E-state index in [9.17, 15) is 14.4 Å².